The molecule has 6 heteroatoms. The lowest BCUT2D eigenvalue weighted by Crippen LogP contribution is -2.58. The molecule has 2 amide bonds. The first-order chi connectivity index (χ1) is 10.4. The van der Waals surface area contributed by atoms with Gasteiger partial charge < -0.3 is 15.0 Å². The zero-order chi connectivity index (χ0) is 16.2. The number of nitrogens with zero attached hydrogens (tertiary/aromatic N) is 1. The van der Waals surface area contributed by atoms with Gasteiger partial charge in [0.25, 0.3) is 5.91 Å². The van der Waals surface area contributed by atoms with Gasteiger partial charge in [-0.3, -0.25) is 9.59 Å². The molecule has 22 heavy (non-hydrogen) atoms. The number of rotatable bonds is 4. The van der Waals surface area contributed by atoms with E-state index in [1.54, 1.807) is 18.9 Å². The molecule has 0 bridgehead atoms. The molecule has 0 saturated carbocycles. The van der Waals surface area contributed by atoms with Crippen LogP contribution in [0.3, 0.4) is 0 Å². The SMILES string of the molecule is CNC(=O)[C@]1(C)CN(C(=O)CCc2ccc(Cl)cc2)CCO1. The molecular formula is C16H21ClN2O3. The van der Waals surface area contributed by atoms with Crippen LogP contribution in [0.4, 0.5) is 0 Å². The van der Waals surface area contributed by atoms with Gasteiger partial charge in [-0.1, -0.05) is 23.7 Å². The normalized spacial score (nSPS) is 21.5. The molecule has 0 aliphatic carbocycles. The molecule has 1 saturated heterocycles. The van der Waals surface area contributed by atoms with Crippen molar-refractivity contribution in [1.29, 1.82) is 0 Å². The summed E-state index contributed by atoms with van der Waals surface area (Å²) in [6.45, 7) is 2.89. The predicted octanol–water partition coefficient (Wildman–Crippen LogP) is 1.64. The number of nitrogens with one attached hydrogen (secondary N) is 1. The Labute approximate surface area is 135 Å². The second kappa shape index (κ2) is 7.11. The van der Waals surface area contributed by atoms with Crippen molar-refractivity contribution >= 4 is 23.4 Å². The number of carbonyl (C=O) groups is 2. The van der Waals surface area contributed by atoms with Crippen molar-refractivity contribution < 1.29 is 14.3 Å². The number of aryl methyl sites for hydroxylation is 1. The van der Waals surface area contributed by atoms with Crippen LogP contribution in [0.15, 0.2) is 24.3 Å². The van der Waals surface area contributed by atoms with Crippen molar-refractivity contribution in [2.75, 3.05) is 26.7 Å². The van der Waals surface area contributed by atoms with Gasteiger partial charge in [-0.2, -0.15) is 0 Å². The molecule has 2 rings (SSSR count). The van der Waals surface area contributed by atoms with Gasteiger partial charge in [0.2, 0.25) is 5.91 Å². The number of likely N-dealkylation sites (N-methyl/N-ethyl adjacent to an activating group) is 1. The number of morpholine rings is 1. The van der Waals surface area contributed by atoms with Crippen molar-refractivity contribution in [3.8, 4) is 0 Å². The van der Waals surface area contributed by atoms with Crippen LogP contribution in [0.25, 0.3) is 0 Å². The number of hydrogen-bond donors (Lipinski definition) is 1. The largest absolute Gasteiger partial charge is 0.362 e. The minimum atomic E-state index is -0.969. The van der Waals surface area contributed by atoms with E-state index in [-0.39, 0.29) is 18.4 Å². The van der Waals surface area contributed by atoms with Crippen molar-refractivity contribution in [3.05, 3.63) is 34.9 Å². The van der Waals surface area contributed by atoms with Crippen LogP contribution in [0.2, 0.25) is 5.02 Å². The van der Waals surface area contributed by atoms with Crippen molar-refractivity contribution in [3.63, 3.8) is 0 Å². The molecule has 1 atom stereocenters. The molecule has 1 aromatic rings. The van der Waals surface area contributed by atoms with Gasteiger partial charge in [0.1, 0.15) is 0 Å². The van der Waals surface area contributed by atoms with Crippen LogP contribution in [-0.4, -0.2) is 49.1 Å². The number of benzene rings is 1. The van der Waals surface area contributed by atoms with Crippen molar-refractivity contribution in [1.82, 2.24) is 10.2 Å². The summed E-state index contributed by atoms with van der Waals surface area (Å²) in [5.74, 6) is -0.170. The van der Waals surface area contributed by atoms with Crippen LogP contribution in [0, 0.1) is 0 Å². The van der Waals surface area contributed by atoms with Gasteiger partial charge in [-0.05, 0) is 31.0 Å². The smallest absolute Gasteiger partial charge is 0.253 e. The third kappa shape index (κ3) is 3.99. The lowest BCUT2D eigenvalue weighted by atomic mass is 10.0. The molecular weight excluding hydrogens is 304 g/mol. The quantitative estimate of drug-likeness (QED) is 0.916. The zero-order valence-electron chi connectivity index (χ0n) is 12.9. The maximum Gasteiger partial charge on any atom is 0.253 e. The van der Waals surface area contributed by atoms with E-state index in [1.807, 2.05) is 24.3 Å². The molecule has 0 aromatic heterocycles. The molecule has 1 heterocycles. The van der Waals surface area contributed by atoms with E-state index in [2.05, 4.69) is 5.32 Å². The van der Waals surface area contributed by atoms with Gasteiger partial charge in [-0.25, -0.2) is 0 Å². The number of ether oxygens (including phenoxy) is 1. The summed E-state index contributed by atoms with van der Waals surface area (Å²) in [7, 11) is 1.57. The van der Waals surface area contributed by atoms with E-state index < -0.39 is 5.60 Å². The Morgan fingerprint density at radius 1 is 1.36 bits per heavy atom. The highest BCUT2D eigenvalue weighted by molar-refractivity contribution is 6.30. The Kier molecular flexibility index (Phi) is 5.42. The number of amides is 2. The number of halogens is 1. The Balaban J connectivity index is 1.92. The summed E-state index contributed by atoms with van der Waals surface area (Å²) in [4.78, 5) is 25.9. The maximum absolute atomic E-state index is 12.3. The highest BCUT2D eigenvalue weighted by Crippen LogP contribution is 2.19. The predicted molar refractivity (Wildman–Crippen MR) is 84.8 cm³/mol. The summed E-state index contributed by atoms with van der Waals surface area (Å²) in [5.41, 5.74) is 0.100. The second-order valence-electron chi connectivity index (χ2n) is 5.60. The van der Waals surface area contributed by atoms with Crippen molar-refractivity contribution in [2.45, 2.75) is 25.4 Å². The minimum absolute atomic E-state index is 0.0355. The van der Waals surface area contributed by atoms with Crippen molar-refractivity contribution in [2.24, 2.45) is 0 Å². The van der Waals surface area contributed by atoms with E-state index in [0.29, 0.717) is 31.0 Å². The van der Waals surface area contributed by atoms with Crippen LogP contribution in [0.1, 0.15) is 18.9 Å². The Bertz CT molecular complexity index is 547. The van der Waals surface area contributed by atoms with Gasteiger partial charge in [0, 0.05) is 25.0 Å². The van der Waals surface area contributed by atoms with Gasteiger partial charge in [0.15, 0.2) is 5.60 Å². The Morgan fingerprint density at radius 2 is 2.05 bits per heavy atom. The summed E-state index contributed by atoms with van der Waals surface area (Å²) in [6, 6.07) is 7.48. The topological polar surface area (TPSA) is 58.6 Å². The monoisotopic (exact) mass is 324 g/mol. The standard InChI is InChI=1S/C16H21ClN2O3/c1-16(15(21)18-2)11-19(9-10-22-16)14(20)8-5-12-3-6-13(17)7-4-12/h3-4,6-7H,5,8-11H2,1-2H3,(H,18,21)/t16-/m0/s1. The molecule has 1 aromatic carbocycles. The molecule has 1 aliphatic heterocycles. The summed E-state index contributed by atoms with van der Waals surface area (Å²) in [5, 5.41) is 3.27. The summed E-state index contributed by atoms with van der Waals surface area (Å²) >= 11 is 5.84. The zero-order valence-corrected chi connectivity index (χ0v) is 13.7. The van der Waals surface area contributed by atoms with Crippen LogP contribution >= 0.6 is 11.6 Å². The molecule has 0 unspecified atom stereocenters. The molecule has 120 valence electrons. The average molecular weight is 325 g/mol. The van der Waals surface area contributed by atoms with E-state index >= 15 is 0 Å². The first kappa shape index (κ1) is 16.8. The Morgan fingerprint density at radius 3 is 2.68 bits per heavy atom. The average Bonchev–Trinajstić information content (AvgIpc) is 2.53. The molecule has 5 nitrogen and oxygen atoms in total. The first-order valence-electron chi connectivity index (χ1n) is 7.33. The molecule has 0 spiro atoms. The van der Waals surface area contributed by atoms with E-state index in [1.165, 1.54) is 0 Å². The number of carbonyl (C=O) groups excluding carboxylic acids is 2. The molecule has 1 aliphatic rings. The second-order valence-corrected chi connectivity index (χ2v) is 6.04. The molecule has 0 radical (unpaired) electrons. The molecule has 1 fully saturated rings. The van der Waals surface area contributed by atoms with E-state index in [9.17, 15) is 9.59 Å². The Hall–Kier alpha value is -1.59. The fraction of sp³-hybridized carbons (Fsp3) is 0.500. The van der Waals surface area contributed by atoms with Crippen LogP contribution in [-0.2, 0) is 20.7 Å². The summed E-state index contributed by atoms with van der Waals surface area (Å²) < 4.78 is 5.55. The van der Waals surface area contributed by atoms with Gasteiger partial charge in [-0.15, -0.1) is 0 Å². The summed E-state index contributed by atoms with van der Waals surface area (Å²) in [6.07, 6.45) is 1.06. The third-order valence-electron chi connectivity index (χ3n) is 3.88. The van der Waals surface area contributed by atoms with Crippen LogP contribution in [0.5, 0.6) is 0 Å². The van der Waals surface area contributed by atoms with Gasteiger partial charge >= 0.3 is 0 Å². The lowest BCUT2D eigenvalue weighted by Gasteiger charge is -2.39. The highest BCUT2D eigenvalue weighted by Gasteiger charge is 2.39. The minimum Gasteiger partial charge on any atom is -0.362 e. The lowest BCUT2D eigenvalue weighted by molar-refractivity contribution is -0.162. The van der Waals surface area contributed by atoms with Gasteiger partial charge in [0.05, 0.1) is 13.2 Å². The van der Waals surface area contributed by atoms with Crippen LogP contribution < -0.4 is 5.32 Å². The highest BCUT2D eigenvalue weighted by atomic mass is 35.5. The molecule has 1 N–H and O–H groups in total. The number of hydrogen-bond acceptors (Lipinski definition) is 3. The maximum atomic E-state index is 12.3. The third-order valence-corrected chi connectivity index (χ3v) is 4.13. The first-order valence-corrected chi connectivity index (χ1v) is 7.71. The van der Waals surface area contributed by atoms with E-state index in [0.717, 1.165) is 5.56 Å². The fourth-order valence-electron chi connectivity index (χ4n) is 2.55. The fourth-order valence-corrected chi connectivity index (χ4v) is 2.67. The van der Waals surface area contributed by atoms with E-state index in [4.69, 9.17) is 16.3 Å².